The van der Waals surface area contributed by atoms with E-state index in [4.69, 9.17) is 0 Å². The molecule has 17 heavy (non-hydrogen) atoms. The normalized spacial score (nSPS) is 19.7. The number of amides is 1. The summed E-state index contributed by atoms with van der Waals surface area (Å²) in [6.07, 6.45) is 1.85. The van der Waals surface area contributed by atoms with Gasteiger partial charge in [0.25, 0.3) is 5.91 Å². The van der Waals surface area contributed by atoms with Crippen LogP contribution in [0.15, 0.2) is 27.1 Å². The van der Waals surface area contributed by atoms with E-state index in [1.807, 2.05) is 6.07 Å². The van der Waals surface area contributed by atoms with Crippen molar-refractivity contribution >= 4 is 37.8 Å². The molecule has 0 radical (unpaired) electrons. The SMILES string of the molecule is O=C(c1cc(Br)cc(Br)c1)N1CCCC1CO. The quantitative estimate of drug-likeness (QED) is 0.878. The summed E-state index contributed by atoms with van der Waals surface area (Å²) >= 11 is 6.74. The van der Waals surface area contributed by atoms with E-state index >= 15 is 0 Å². The molecule has 0 aromatic heterocycles. The molecule has 0 spiro atoms. The third-order valence-electron chi connectivity index (χ3n) is 2.96. The second-order valence-corrected chi connectivity index (χ2v) is 5.97. The molecule has 0 bridgehead atoms. The van der Waals surface area contributed by atoms with Gasteiger partial charge in [-0.05, 0) is 31.0 Å². The van der Waals surface area contributed by atoms with Gasteiger partial charge in [0, 0.05) is 21.1 Å². The van der Waals surface area contributed by atoms with Gasteiger partial charge in [-0.15, -0.1) is 0 Å². The lowest BCUT2D eigenvalue weighted by atomic mass is 10.2. The van der Waals surface area contributed by atoms with Crippen molar-refractivity contribution in [2.45, 2.75) is 18.9 Å². The molecular formula is C12H13Br2NO2. The topological polar surface area (TPSA) is 40.5 Å². The fourth-order valence-electron chi connectivity index (χ4n) is 2.14. The summed E-state index contributed by atoms with van der Waals surface area (Å²) in [6.45, 7) is 0.773. The van der Waals surface area contributed by atoms with Crippen LogP contribution in [-0.2, 0) is 0 Å². The summed E-state index contributed by atoms with van der Waals surface area (Å²) in [6, 6.07) is 5.48. The van der Waals surface area contributed by atoms with Crippen LogP contribution in [0.4, 0.5) is 0 Å². The molecule has 1 fully saturated rings. The maximum absolute atomic E-state index is 12.3. The van der Waals surface area contributed by atoms with Crippen LogP contribution in [0.5, 0.6) is 0 Å². The van der Waals surface area contributed by atoms with E-state index in [9.17, 15) is 9.90 Å². The summed E-state index contributed by atoms with van der Waals surface area (Å²) in [5.74, 6) is -0.0106. The minimum Gasteiger partial charge on any atom is -0.394 e. The molecule has 1 saturated heterocycles. The Morgan fingerprint density at radius 3 is 2.59 bits per heavy atom. The molecule has 1 aromatic carbocycles. The van der Waals surface area contributed by atoms with E-state index in [1.54, 1.807) is 17.0 Å². The number of nitrogens with zero attached hydrogens (tertiary/aromatic N) is 1. The average molecular weight is 363 g/mol. The van der Waals surface area contributed by atoms with Crippen LogP contribution in [0.2, 0.25) is 0 Å². The molecule has 1 aromatic rings. The van der Waals surface area contributed by atoms with Crippen molar-refractivity contribution in [1.82, 2.24) is 4.90 Å². The monoisotopic (exact) mass is 361 g/mol. The molecular weight excluding hydrogens is 350 g/mol. The van der Waals surface area contributed by atoms with Gasteiger partial charge in [0.2, 0.25) is 0 Å². The molecule has 2 rings (SSSR count). The Labute approximate surface area is 117 Å². The molecule has 1 unspecified atom stereocenters. The van der Waals surface area contributed by atoms with Crippen LogP contribution < -0.4 is 0 Å². The second-order valence-electron chi connectivity index (χ2n) is 4.14. The highest BCUT2D eigenvalue weighted by atomic mass is 79.9. The van der Waals surface area contributed by atoms with Gasteiger partial charge in [0.05, 0.1) is 12.6 Å². The minimum atomic E-state index is -0.0275. The van der Waals surface area contributed by atoms with Gasteiger partial charge in [-0.25, -0.2) is 0 Å². The third kappa shape index (κ3) is 2.89. The Morgan fingerprint density at radius 2 is 2.00 bits per heavy atom. The number of aliphatic hydroxyl groups is 1. The number of benzene rings is 1. The maximum atomic E-state index is 12.3. The first-order chi connectivity index (χ1) is 8.11. The fraction of sp³-hybridized carbons (Fsp3) is 0.417. The Kier molecular flexibility index (Phi) is 4.22. The molecule has 1 heterocycles. The van der Waals surface area contributed by atoms with E-state index in [2.05, 4.69) is 31.9 Å². The molecule has 0 saturated carbocycles. The number of rotatable bonds is 2. The molecule has 92 valence electrons. The Hall–Kier alpha value is -0.390. The van der Waals surface area contributed by atoms with Crippen molar-refractivity contribution in [3.63, 3.8) is 0 Å². The lowest BCUT2D eigenvalue weighted by Gasteiger charge is -2.23. The van der Waals surface area contributed by atoms with Crippen molar-refractivity contribution in [3.8, 4) is 0 Å². The predicted molar refractivity (Wildman–Crippen MR) is 73.0 cm³/mol. The summed E-state index contributed by atoms with van der Waals surface area (Å²) in [4.78, 5) is 14.1. The van der Waals surface area contributed by atoms with Gasteiger partial charge in [0.1, 0.15) is 0 Å². The molecule has 1 amide bonds. The smallest absolute Gasteiger partial charge is 0.254 e. The number of halogens is 2. The van der Waals surface area contributed by atoms with Gasteiger partial charge in [-0.2, -0.15) is 0 Å². The molecule has 3 nitrogen and oxygen atoms in total. The highest BCUT2D eigenvalue weighted by Gasteiger charge is 2.28. The molecule has 1 aliphatic heterocycles. The minimum absolute atomic E-state index is 0.0106. The van der Waals surface area contributed by atoms with E-state index in [1.165, 1.54) is 0 Å². The Morgan fingerprint density at radius 1 is 1.35 bits per heavy atom. The largest absolute Gasteiger partial charge is 0.394 e. The highest BCUT2D eigenvalue weighted by molar-refractivity contribution is 9.11. The van der Waals surface area contributed by atoms with E-state index in [0.717, 1.165) is 28.3 Å². The van der Waals surface area contributed by atoms with Crippen molar-refractivity contribution in [1.29, 1.82) is 0 Å². The average Bonchev–Trinajstić information content (AvgIpc) is 2.74. The fourth-order valence-corrected chi connectivity index (χ4v) is 3.43. The summed E-state index contributed by atoms with van der Waals surface area (Å²) < 4.78 is 1.74. The zero-order valence-electron chi connectivity index (χ0n) is 9.20. The standard InChI is InChI=1S/C12H13Br2NO2/c13-9-4-8(5-10(14)6-9)12(17)15-3-1-2-11(15)7-16/h4-6,11,16H,1-3,7H2. The van der Waals surface area contributed by atoms with E-state index in [0.29, 0.717) is 5.56 Å². The summed E-state index contributed by atoms with van der Waals surface area (Å²) in [5, 5.41) is 9.23. The van der Waals surface area contributed by atoms with Crippen molar-refractivity contribution in [3.05, 3.63) is 32.7 Å². The first-order valence-corrected chi connectivity index (χ1v) is 7.08. The van der Waals surface area contributed by atoms with Crippen LogP contribution in [0.1, 0.15) is 23.2 Å². The Bertz CT molecular complexity index is 416. The zero-order valence-corrected chi connectivity index (χ0v) is 12.4. The number of aliphatic hydroxyl groups excluding tert-OH is 1. The van der Waals surface area contributed by atoms with Crippen LogP contribution >= 0.6 is 31.9 Å². The van der Waals surface area contributed by atoms with Crippen molar-refractivity contribution < 1.29 is 9.90 Å². The van der Waals surface area contributed by atoms with Crippen LogP contribution in [0, 0.1) is 0 Å². The van der Waals surface area contributed by atoms with Crippen LogP contribution in [0.25, 0.3) is 0 Å². The number of carbonyl (C=O) groups is 1. The van der Waals surface area contributed by atoms with Gasteiger partial charge >= 0.3 is 0 Å². The van der Waals surface area contributed by atoms with Gasteiger partial charge in [0.15, 0.2) is 0 Å². The first-order valence-electron chi connectivity index (χ1n) is 5.49. The highest BCUT2D eigenvalue weighted by Crippen LogP contribution is 2.24. The number of carbonyl (C=O) groups excluding carboxylic acids is 1. The lowest BCUT2D eigenvalue weighted by molar-refractivity contribution is 0.0677. The molecule has 1 aliphatic rings. The lowest BCUT2D eigenvalue weighted by Crippen LogP contribution is -2.37. The number of likely N-dealkylation sites (tertiary alicyclic amines) is 1. The van der Waals surface area contributed by atoms with Gasteiger partial charge in [-0.1, -0.05) is 31.9 Å². The number of hydrogen-bond donors (Lipinski definition) is 1. The summed E-state index contributed by atoms with van der Waals surface area (Å²) in [5.41, 5.74) is 0.645. The predicted octanol–water partition coefficient (Wildman–Crippen LogP) is 2.81. The van der Waals surface area contributed by atoms with Crippen molar-refractivity contribution in [2.75, 3.05) is 13.2 Å². The van der Waals surface area contributed by atoms with E-state index < -0.39 is 0 Å². The van der Waals surface area contributed by atoms with Crippen LogP contribution in [-0.4, -0.2) is 35.1 Å². The van der Waals surface area contributed by atoms with Crippen LogP contribution in [0.3, 0.4) is 0 Å². The van der Waals surface area contributed by atoms with Gasteiger partial charge in [-0.3, -0.25) is 4.79 Å². The van der Waals surface area contributed by atoms with Gasteiger partial charge < -0.3 is 10.0 Å². The Balaban J connectivity index is 2.24. The third-order valence-corrected chi connectivity index (χ3v) is 3.87. The summed E-state index contributed by atoms with van der Waals surface area (Å²) in [7, 11) is 0. The maximum Gasteiger partial charge on any atom is 0.254 e. The first kappa shape index (κ1) is 13.1. The van der Waals surface area contributed by atoms with Crippen molar-refractivity contribution in [2.24, 2.45) is 0 Å². The zero-order chi connectivity index (χ0) is 12.4. The molecule has 5 heteroatoms. The molecule has 1 atom stereocenters. The number of hydrogen-bond acceptors (Lipinski definition) is 2. The second kappa shape index (κ2) is 5.50. The molecule has 1 N–H and O–H groups in total. The molecule has 0 aliphatic carbocycles. The van der Waals surface area contributed by atoms with E-state index in [-0.39, 0.29) is 18.6 Å².